The summed E-state index contributed by atoms with van der Waals surface area (Å²) in [6.45, 7) is 2.02. The van der Waals surface area contributed by atoms with Gasteiger partial charge in [0.05, 0.1) is 13.2 Å². The first-order valence-electron chi connectivity index (χ1n) is 6.31. The maximum Gasteiger partial charge on any atom is 0.170 e. The monoisotopic (exact) mass is 292 g/mol. The number of methoxy groups -OCH3 is 1. The molecule has 0 saturated carbocycles. The standard InChI is InChI=1S/C16H17FO2S/c1-11-5-3-6-12(9-11)20-10-14(18)13-7-4-8-15(19-2)16(13)17/h3-9,14,18H,10H2,1-2H3. The molecule has 0 fully saturated rings. The van der Waals surface area contributed by atoms with E-state index in [0.29, 0.717) is 5.75 Å². The highest BCUT2D eigenvalue weighted by atomic mass is 32.2. The third kappa shape index (κ3) is 3.52. The molecule has 0 heterocycles. The summed E-state index contributed by atoms with van der Waals surface area (Å²) in [5, 5.41) is 10.1. The molecule has 1 unspecified atom stereocenters. The molecular weight excluding hydrogens is 275 g/mol. The van der Waals surface area contributed by atoms with Crippen molar-refractivity contribution in [3.63, 3.8) is 0 Å². The lowest BCUT2D eigenvalue weighted by Gasteiger charge is -2.13. The summed E-state index contributed by atoms with van der Waals surface area (Å²) in [6, 6.07) is 12.8. The quantitative estimate of drug-likeness (QED) is 0.846. The van der Waals surface area contributed by atoms with Gasteiger partial charge < -0.3 is 9.84 Å². The van der Waals surface area contributed by atoms with Crippen molar-refractivity contribution in [3.8, 4) is 5.75 Å². The van der Waals surface area contributed by atoms with E-state index in [1.165, 1.54) is 18.9 Å². The highest BCUT2D eigenvalue weighted by Crippen LogP contribution is 2.29. The van der Waals surface area contributed by atoms with Gasteiger partial charge in [-0.1, -0.05) is 29.8 Å². The molecule has 106 valence electrons. The van der Waals surface area contributed by atoms with E-state index in [1.54, 1.807) is 18.2 Å². The average molecular weight is 292 g/mol. The smallest absolute Gasteiger partial charge is 0.170 e. The summed E-state index contributed by atoms with van der Waals surface area (Å²) >= 11 is 1.50. The SMILES string of the molecule is COc1cccc(C(O)CSc2cccc(C)c2)c1F. The van der Waals surface area contributed by atoms with Gasteiger partial charge in [0.2, 0.25) is 0 Å². The number of rotatable bonds is 5. The summed E-state index contributed by atoms with van der Waals surface area (Å²) in [4.78, 5) is 1.06. The zero-order valence-electron chi connectivity index (χ0n) is 11.5. The van der Waals surface area contributed by atoms with E-state index < -0.39 is 11.9 Å². The zero-order chi connectivity index (χ0) is 14.5. The van der Waals surface area contributed by atoms with Crippen molar-refractivity contribution >= 4 is 11.8 Å². The molecule has 2 aromatic carbocycles. The van der Waals surface area contributed by atoms with E-state index in [9.17, 15) is 9.50 Å². The van der Waals surface area contributed by atoms with E-state index >= 15 is 0 Å². The molecule has 0 aliphatic carbocycles. The van der Waals surface area contributed by atoms with Crippen LogP contribution in [0.15, 0.2) is 47.4 Å². The molecule has 2 rings (SSSR count). The van der Waals surface area contributed by atoms with Crippen LogP contribution in [-0.2, 0) is 0 Å². The van der Waals surface area contributed by atoms with Crippen molar-refractivity contribution in [2.24, 2.45) is 0 Å². The molecule has 0 saturated heterocycles. The van der Waals surface area contributed by atoms with Gasteiger partial charge in [-0.2, -0.15) is 0 Å². The fourth-order valence-electron chi connectivity index (χ4n) is 1.91. The Labute approximate surface area is 122 Å². The second-order valence-corrected chi connectivity index (χ2v) is 5.60. The molecule has 0 radical (unpaired) electrons. The Bertz CT molecular complexity index is 586. The highest BCUT2D eigenvalue weighted by molar-refractivity contribution is 7.99. The summed E-state index contributed by atoms with van der Waals surface area (Å²) in [5.74, 6) is 0.0579. The van der Waals surface area contributed by atoms with Crippen LogP contribution in [0.1, 0.15) is 17.2 Å². The Balaban J connectivity index is 2.07. The normalized spacial score (nSPS) is 12.2. The van der Waals surface area contributed by atoms with Crippen LogP contribution in [0, 0.1) is 12.7 Å². The summed E-state index contributed by atoms with van der Waals surface area (Å²) in [7, 11) is 1.41. The van der Waals surface area contributed by atoms with Crippen LogP contribution in [0.25, 0.3) is 0 Å². The highest BCUT2D eigenvalue weighted by Gasteiger charge is 2.16. The number of aliphatic hydroxyl groups is 1. The molecule has 1 atom stereocenters. The van der Waals surface area contributed by atoms with Crippen molar-refractivity contribution < 1.29 is 14.2 Å². The van der Waals surface area contributed by atoms with E-state index in [0.717, 1.165) is 10.5 Å². The van der Waals surface area contributed by atoms with Gasteiger partial charge >= 0.3 is 0 Å². The third-order valence-electron chi connectivity index (χ3n) is 2.97. The molecule has 0 bridgehead atoms. The van der Waals surface area contributed by atoms with Gasteiger partial charge in [-0.3, -0.25) is 0 Å². The van der Waals surface area contributed by atoms with Gasteiger partial charge in [0.15, 0.2) is 11.6 Å². The Hall–Kier alpha value is -1.52. The summed E-state index contributed by atoms with van der Waals surface area (Å²) < 4.78 is 18.9. The van der Waals surface area contributed by atoms with Crippen LogP contribution in [0.4, 0.5) is 4.39 Å². The zero-order valence-corrected chi connectivity index (χ0v) is 12.3. The molecule has 20 heavy (non-hydrogen) atoms. The molecular formula is C16H17FO2S. The lowest BCUT2D eigenvalue weighted by molar-refractivity contribution is 0.197. The van der Waals surface area contributed by atoms with E-state index in [1.807, 2.05) is 31.2 Å². The fourth-order valence-corrected chi connectivity index (χ4v) is 2.89. The Morgan fingerprint density at radius 2 is 2.00 bits per heavy atom. The van der Waals surface area contributed by atoms with Crippen LogP contribution in [0.2, 0.25) is 0 Å². The molecule has 2 nitrogen and oxygen atoms in total. The molecule has 0 aliphatic heterocycles. The largest absolute Gasteiger partial charge is 0.494 e. The molecule has 2 aromatic rings. The number of aryl methyl sites for hydroxylation is 1. The van der Waals surface area contributed by atoms with Crippen LogP contribution in [0.3, 0.4) is 0 Å². The second-order valence-electron chi connectivity index (χ2n) is 4.51. The number of halogens is 1. The van der Waals surface area contributed by atoms with E-state index in [-0.39, 0.29) is 11.3 Å². The van der Waals surface area contributed by atoms with Crippen LogP contribution in [-0.4, -0.2) is 18.0 Å². The lowest BCUT2D eigenvalue weighted by Crippen LogP contribution is -2.04. The van der Waals surface area contributed by atoms with Crippen molar-refractivity contribution in [2.45, 2.75) is 17.9 Å². The van der Waals surface area contributed by atoms with Gasteiger partial charge in [0.25, 0.3) is 0 Å². The second kappa shape index (κ2) is 6.77. The predicted molar refractivity (Wildman–Crippen MR) is 79.8 cm³/mol. The molecule has 4 heteroatoms. The fraction of sp³-hybridized carbons (Fsp3) is 0.250. The van der Waals surface area contributed by atoms with Gasteiger partial charge in [-0.15, -0.1) is 11.8 Å². The first-order valence-corrected chi connectivity index (χ1v) is 7.30. The molecule has 0 aromatic heterocycles. The Kier molecular flexibility index (Phi) is 5.04. The number of ether oxygens (including phenoxy) is 1. The number of aliphatic hydroxyl groups excluding tert-OH is 1. The maximum absolute atomic E-state index is 14.0. The van der Waals surface area contributed by atoms with Crippen LogP contribution in [0.5, 0.6) is 5.75 Å². The molecule has 1 N–H and O–H groups in total. The van der Waals surface area contributed by atoms with Crippen molar-refractivity contribution in [2.75, 3.05) is 12.9 Å². The summed E-state index contributed by atoms with van der Waals surface area (Å²) in [6.07, 6.45) is -0.865. The van der Waals surface area contributed by atoms with Crippen molar-refractivity contribution in [1.29, 1.82) is 0 Å². The Morgan fingerprint density at radius 3 is 2.70 bits per heavy atom. The predicted octanol–water partition coefficient (Wildman–Crippen LogP) is 3.97. The average Bonchev–Trinajstić information content (AvgIpc) is 2.45. The first kappa shape index (κ1) is 14.9. The number of hydrogen-bond donors (Lipinski definition) is 1. The number of thioether (sulfide) groups is 1. The minimum absolute atomic E-state index is 0.155. The van der Waals surface area contributed by atoms with Crippen molar-refractivity contribution in [1.82, 2.24) is 0 Å². The molecule has 0 aliphatic rings. The van der Waals surface area contributed by atoms with Crippen molar-refractivity contribution in [3.05, 3.63) is 59.4 Å². The minimum atomic E-state index is -0.865. The number of benzene rings is 2. The minimum Gasteiger partial charge on any atom is -0.494 e. The molecule has 0 amide bonds. The topological polar surface area (TPSA) is 29.5 Å². The van der Waals surface area contributed by atoms with Gasteiger partial charge in [-0.25, -0.2) is 4.39 Å². The van der Waals surface area contributed by atoms with Gasteiger partial charge in [-0.05, 0) is 25.1 Å². The van der Waals surface area contributed by atoms with Gasteiger partial charge in [0, 0.05) is 16.2 Å². The maximum atomic E-state index is 14.0. The van der Waals surface area contributed by atoms with Crippen LogP contribution < -0.4 is 4.74 Å². The van der Waals surface area contributed by atoms with E-state index in [4.69, 9.17) is 4.74 Å². The number of hydrogen-bond acceptors (Lipinski definition) is 3. The van der Waals surface area contributed by atoms with E-state index in [2.05, 4.69) is 0 Å². The first-order chi connectivity index (χ1) is 9.61. The van der Waals surface area contributed by atoms with Gasteiger partial charge in [0.1, 0.15) is 0 Å². The van der Waals surface area contributed by atoms with Crippen LogP contribution >= 0.6 is 11.8 Å². The lowest BCUT2D eigenvalue weighted by atomic mass is 10.1. The summed E-state index contributed by atoms with van der Waals surface area (Å²) in [5.41, 5.74) is 1.43. The Morgan fingerprint density at radius 1 is 1.25 bits per heavy atom. The molecule has 0 spiro atoms. The third-order valence-corrected chi connectivity index (χ3v) is 4.04.